The van der Waals surface area contributed by atoms with Gasteiger partial charge < -0.3 is 15.3 Å². The minimum absolute atomic E-state index is 0.232. The van der Waals surface area contributed by atoms with Gasteiger partial charge in [0.1, 0.15) is 0 Å². The number of carboxylic acids is 1. The number of aromatic carboxylic acids is 1. The molecule has 0 bridgehead atoms. The van der Waals surface area contributed by atoms with Crippen molar-refractivity contribution in [1.82, 2.24) is 10.2 Å². The molecule has 2 N–H and O–H groups in total. The number of carbonyl (C=O) groups excluding carboxylic acids is 1. The van der Waals surface area contributed by atoms with Crippen molar-refractivity contribution >= 4 is 12.0 Å². The van der Waals surface area contributed by atoms with E-state index in [4.69, 9.17) is 6.42 Å². The van der Waals surface area contributed by atoms with E-state index in [0.29, 0.717) is 25.1 Å². The summed E-state index contributed by atoms with van der Waals surface area (Å²) < 4.78 is 0. The van der Waals surface area contributed by atoms with Crippen molar-refractivity contribution in [2.24, 2.45) is 0 Å². The lowest BCUT2D eigenvalue weighted by molar-refractivity contribution is 0.0695. The lowest BCUT2D eigenvalue weighted by Crippen LogP contribution is -2.50. The van der Waals surface area contributed by atoms with Crippen molar-refractivity contribution in [1.29, 1.82) is 0 Å². The van der Waals surface area contributed by atoms with Crippen LogP contribution in [0.15, 0.2) is 18.2 Å². The van der Waals surface area contributed by atoms with Crippen LogP contribution in [0.2, 0.25) is 0 Å². The summed E-state index contributed by atoms with van der Waals surface area (Å²) in [5.41, 5.74) is 1.29. The number of rotatable bonds is 2. The fourth-order valence-electron chi connectivity index (χ4n) is 2.37. The third-order valence-electron chi connectivity index (χ3n) is 3.56. The Morgan fingerprint density at radius 3 is 2.76 bits per heavy atom. The lowest BCUT2D eigenvalue weighted by atomic mass is 9.94. The van der Waals surface area contributed by atoms with Crippen molar-refractivity contribution in [3.8, 4) is 12.3 Å². The van der Waals surface area contributed by atoms with E-state index < -0.39 is 11.5 Å². The van der Waals surface area contributed by atoms with Crippen LogP contribution in [-0.4, -0.2) is 34.1 Å². The molecule has 5 heteroatoms. The molecule has 5 nitrogen and oxygen atoms in total. The number of nitrogens with one attached hydrogen (secondary N) is 1. The Morgan fingerprint density at radius 2 is 2.14 bits per heavy atom. The van der Waals surface area contributed by atoms with Crippen LogP contribution in [0.4, 0.5) is 4.79 Å². The van der Waals surface area contributed by atoms with Crippen LogP contribution >= 0.6 is 0 Å². The zero-order valence-corrected chi connectivity index (χ0v) is 12.1. The molecule has 2 amide bonds. The molecule has 0 aliphatic carbocycles. The summed E-state index contributed by atoms with van der Waals surface area (Å²) in [7, 11) is 0. The minimum atomic E-state index is -0.932. The van der Waals surface area contributed by atoms with E-state index in [1.807, 2.05) is 6.07 Å². The van der Waals surface area contributed by atoms with Gasteiger partial charge in [-0.15, -0.1) is 6.42 Å². The molecule has 0 unspecified atom stereocenters. The molecule has 1 aliphatic heterocycles. The van der Waals surface area contributed by atoms with Crippen molar-refractivity contribution in [3.63, 3.8) is 0 Å². The summed E-state index contributed by atoms with van der Waals surface area (Å²) >= 11 is 0. The highest BCUT2D eigenvalue weighted by Gasteiger charge is 2.26. The van der Waals surface area contributed by atoms with Gasteiger partial charge in [0.05, 0.1) is 11.1 Å². The molecule has 0 saturated heterocycles. The van der Waals surface area contributed by atoms with Gasteiger partial charge in [-0.2, -0.15) is 0 Å². The fourth-order valence-corrected chi connectivity index (χ4v) is 2.37. The number of amides is 2. The van der Waals surface area contributed by atoms with Crippen LogP contribution in [0.3, 0.4) is 0 Å². The Balaban J connectivity index is 2.17. The number of carbonyl (C=O) groups is 2. The standard InChI is InChI=1S/C16H18N2O3/c1-4-16(2,3)17-15(21)18-9-8-12-11(10-18)6-5-7-13(12)14(19)20/h1,5-7H,8-10H2,2-3H3,(H,17,21)(H,19,20). The van der Waals surface area contributed by atoms with Crippen molar-refractivity contribution in [3.05, 3.63) is 34.9 Å². The summed E-state index contributed by atoms with van der Waals surface area (Å²) in [6.45, 7) is 4.38. The Labute approximate surface area is 124 Å². The van der Waals surface area contributed by atoms with Gasteiger partial charge in [0.25, 0.3) is 0 Å². The molecule has 110 valence electrons. The van der Waals surface area contributed by atoms with Gasteiger partial charge in [-0.25, -0.2) is 9.59 Å². The number of hydrogen-bond donors (Lipinski definition) is 2. The van der Waals surface area contributed by atoms with Gasteiger partial charge in [-0.05, 0) is 37.5 Å². The van der Waals surface area contributed by atoms with Gasteiger partial charge in [-0.1, -0.05) is 18.1 Å². The van der Waals surface area contributed by atoms with Crippen LogP contribution < -0.4 is 5.32 Å². The highest BCUT2D eigenvalue weighted by molar-refractivity contribution is 5.90. The molecular formula is C16H18N2O3. The largest absolute Gasteiger partial charge is 0.478 e. The molecule has 0 saturated carbocycles. The Bertz CT molecular complexity index is 629. The molecule has 0 spiro atoms. The first kappa shape index (κ1) is 14.9. The molecule has 2 rings (SSSR count). The predicted octanol–water partition coefficient (Wildman–Crippen LogP) is 1.86. The summed E-state index contributed by atoms with van der Waals surface area (Å²) in [6, 6.07) is 4.92. The Morgan fingerprint density at radius 1 is 1.43 bits per heavy atom. The smallest absolute Gasteiger partial charge is 0.335 e. The fraction of sp³-hybridized carbons (Fsp3) is 0.375. The minimum Gasteiger partial charge on any atom is -0.478 e. The topological polar surface area (TPSA) is 69.6 Å². The number of urea groups is 1. The van der Waals surface area contributed by atoms with Crippen LogP contribution in [0.25, 0.3) is 0 Å². The molecule has 21 heavy (non-hydrogen) atoms. The molecule has 1 aromatic carbocycles. The maximum absolute atomic E-state index is 12.2. The summed E-state index contributed by atoms with van der Waals surface area (Å²) in [6.07, 6.45) is 5.89. The van der Waals surface area contributed by atoms with E-state index in [1.54, 1.807) is 30.9 Å². The van der Waals surface area contributed by atoms with Crippen molar-refractivity contribution in [2.45, 2.75) is 32.4 Å². The highest BCUT2D eigenvalue weighted by atomic mass is 16.4. The molecule has 1 heterocycles. The molecule has 0 atom stereocenters. The zero-order chi connectivity index (χ0) is 15.6. The average molecular weight is 286 g/mol. The average Bonchev–Trinajstić information content (AvgIpc) is 2.45. The number of carboxylic acid groups (broad SMARTS) is 1. The first-order chi connectivity index (χ1) is 9.84. The Hall–Kier alpha value is -2.48. The SMILES string of the molecule is C#CC(C)(C)NC(=O)N1CCc2c(cccc2C(=O)O)C1. The number of fused-ring (bicyclic) bond motifs is 1. The quantitative estimate of drug-likeness (QED) is 0.815. The van der Waals surface area contributed by atoms with Crippen LogP contribution in [0, 0.1) is 12.3 Å². The van der Waals surface area contributed by atoms with Crippen molar-refractivity contribution in [2.75, 3.05) is 6.54 Å². The summed E-state index contributed by atoms with van der Waals surface area (Å²) in [5, 5.41) is 12.0. The van der Waals surface area contributed by atoms with E-state index >= 15 is 0 Å². The van der Waals surface area contributed by atoms with E-state index in [1.165, 1.54) is 0 Å². The Kier molecular flexibility index (Phi) is 3.90. The number of benzene rings is 1. The van der Waals surface area contributed by atoms with Crippen LogP contribution in [0.5, 0.6) is 0 Å². The van der Waals surface area contributed by atoms with Crippen molar-refractivity contribution < 1.29 is 14.7 Å². The number of nitrogens with zero attached hydrogens (tertiary/aromatic N) is 1. The number of hydrogen-bond acceptors (Lipinski definition) is 2. The van der Waals surface area contributed by atoms with Gasteiger partial charge in [0.15, 0.2) is 0 Å². The first-order valence-corrected chi connectivity index (χ1v) is 6.73. The molecular weight excluding hydrogens is 268 g/mol. The second-order valence-corrected chi connectivity index (χ2v) is 5.62. The maximum atomic E-state index is 12.2. The summed E-state index contributed by atoms with van der Waals surface area (Å²) in [5.74, 6) is 1.59. The first-order valence-electron chi connectivity index (χ1n) is 6.73. The molecule has 0 fully saturated rings. The highest BCUT2D eigenvalue weighted by Crippen LogP contribution is 2.23. The number of terminal acetylenes is 1. The molecule has 1 aromatic rings. The third-order valence-corrected chi connectivity index (χ3v) is 3.56. The van der Waals surface area contributed by atoms with E-state index in [2.05, 4.69) is 11.2 Å². The maximum Gasteiger partial charge on any atom is 0.335 e. The van der Waals surface area contributed by atoms with Crippen LogP contribution in [0.1, 0.15) is 35.3 Å². The van der Waals surface area contributed by atoms with Gasteiger partial charge in [0, 0.05) is 13.1 Å². The predicted molar refractivity (Wildman–Crippen MR) is 79.0 cm³/mol. The van der Waals surface area contributed by atoms with Crippen LogP contribution in [-0.2, 0) is 13.0 Å². The molecule has 1 aliphatic rings. The van der Waals surface area contributed by atoms with E-state index in [0.717, 1.165) is 11.1 Å². The zero-order valence-electron chi connectivity index (χ0n) is 12.1. The van der Waals surface area contributed by atoms with Gasteiger partial charge in [0.2, 0.25) is 0 Å². The van der Waals surface area contributed by atoms with E-state index in [-0.39, 0.29) is 6.03 Å². The second kappa shape index (κ2) is 5.49. The van der Waals surface area contributed by atoms with Gasteiger partial charge in [-0.3, -0.25) is 0 Å². The van der Waals surface area contributed by atoms with E-state index in [9.17, 15) is 14.7 Å². The monoisotopic (exact) mass is 286 g/mol. The molecule has 0 aromatic heterocycles. The van der Waals surface area contributed by atoms with Gasteiger partial charge >= 0.3 is 12.0 Å². The normalized spacial score (nSPS) is 14.0. The lowest BCUT2D eigenvalue weighted by Gasteiger charge is -2.32. The second-order valence-electron chi connectivity index (χ2n) is 5.62. The third kappa shape index (κ3) is 3.16. The molecule has 0 radical (unpaired) electrons. The summed E-state index contributed by atoms with van der Waals surface area (Å²) in [4.78, 5) is 25.0.